The molecule has 60 heavy (non-hydrogen) atoms. The van der Waals surface area contributed by atoms with Gasteiger partial charge in [0.25, 0.3) is 0 Å². The molecule has 0 heterocycles. The molecule has 0 aromatic rings. The van der Waals surface area contributed by atoms with Gasteiger partial charge in [-0.15, -0.1) is 0 Å². The summed E-state index contributed by atoms with van der Waals surface area (Å²) in [5, 5.41) is 64.1. The highest BCUT2D eigenvalue weighted by atomic mass is 31.2. The smallest absolute Gasteiger partial charge is 0.387 e. The van der Waals surface area contributed by atoms with E-state index in [1.807, 2.05) is 6.08 Å². The second-order valence-electron chi connectivity index (χ2n) is 17.7. The first kappa shape index (κ1) is 57.1. The van der Waals surface area contributed by atoms with Gasteiger partial charge in [-0.3, -0.25) is 13.8 Å². The third-order valence-electron chi connectivity index (χ3n) is 12.1. The zero-order chi connectivity index (χ0) is 44.3. The largest absolute Gasteiger partial charge is 0.472 e. The standard InChI is InChI=1S/C47H92NO11P/c1-3-5-7-9-11-13-15-17-19-20-21-23-25-27-29-31-33-35-37-41(50)48-39(38-58-60(56,57)59-47-45(54)43(52)42(51)44(53)46(47)55)40(49)36-34-32-30-28-26-24-22-18-16-14-12-10-8-6-4-2/h34,36,39-40,42-47,49,51-55H,3-33,35,37-38H2,1-2H3,(H,48,50)(H,56,57)/b36-34+/t39-,40+,42?,43+,44?,45?,46?,47?/m0/s1. The number of carbonyl (C=O) groups excluding carboxylic acids is 1. The van der Waals surface area contributed by atoms with Crippen LogP contribution in [0.4, 0.5) is 0 Å². The maximum Gasteiger partial charge on any atom is 0.472 e. The number of amides is 1. The molecule has 0 saturated heterocycles. The van der Waals surface area contributed by atoms with Crippen LogP contribution in [0.5, 0.6) is 0 Å². The van der Waals surface area contributed by atoms with Crippen LogP contribution in [0.3, 0.4) is 0 Å². The fourth-order valence-corrected chi connectivity index (χ4v) is 8.99. The minimum atomic E-state index is -5.08. The van der Waals surface area contributed by atoms with Gasteiger partial charge in [0, 0.05) is 6.42 Å². The lowest BCUT2D eigenvalue weighted by Gasteiger charge is -2.41. The summed E-state index contributed by atoms with van der Waals surface area (Å²) in [4.78, 5) is 23.4. The first-order valence-electron chi connectivity index (χ1n) is 24.6. The number of rotatable bonds is 41. The van der Waals surface area contributed by atoms with Gasteiger partial charge in [0.2, 0.25) is 5.91 Å². The first-order valence-corrected chi connectivity index (χ1v) is 26.1. The Kier molecular flexibility index (Phi) is 35.6. The van der Waals surface area contributed by atoms with Crippen molar-refractivity contribution in [1.29, 1.82) is 0 Å². The maximum absolute atomic E-state index is 13.0. The van der Waals surface area contributed by atoms with Crippen molar-refractivity contribution in [2.45, 2.75) is 275 Å². The number of carbonyl (C=O) groups is 1. The minimum absolute atomic E-state index is 0.219. The van der Waals surface area contributed by atoms with E-state index in [9.17, 15) is 44.9 Å². The Morgan fingerprint density at radius 1 is 0.550 bits per heavy atom. The number of hydrogen-bond donors (Lipinski definition) is 8. The Morgan fingerprint density at radius 2 is 0.883 bits per heavy atom. The summed E-state index contributed by atoms with van der Waals surface area (Å²) in [5.74, 6) is -0.337. The van der Waals surface area contributed by atoms with Crippen LogP contribution in [0, 0.1) is 0 Å². The summed E-state index contributed by atoms with van der Waals surface area (Å²) in [6.45, 7) is 3.86. The molecule has 0 aromatic heterocycles. The quantitative estimate of drug-likeness (QED) is 0.0165. The van der Waals surface area contributed by atoms with E-state index in [0.29, 0.717) is 6.42 Å². The monoisotopic (exact) mass is 878 g/mol. The number of nitrogens with one attached hydrogen (secondary N) is 1. The maximum atomic E-state index is 13.0. The van der Waals surface area contributed by atoms with E-state index in [1.165, 1.54) is 160 Å². The molecule has 12 nitrogen and oxygen atoms in total. The van der Waals surface area contributed by atoms with E-state index >= 15 is 0 Å². The number of aliphatic hydroxyl groups excluding tert-OH is 6. The summed E-state index contributed by atoms with van der Waals surface area (Å²) in [5.41, 5.74) is 0. The molecule has 9 atom stereocenters. The Hall–Kier alpha value is -0.920. The third kappa shape index (κ3) is 28.7. The lowest BCUT2D eigenvalue weighted by molar-refractivity contribution is -0.220. The van der Waals surface area contributed by atoms with Gasteiger partial charge in [-0.2, -0.15) is 0 Å². The van der Waals surface area contributed by atoms with Crippen LogP contribution < -0.4 is 5.32 Å². The molecule has 1 aliphatic carbocycles. The molecule has 0 spiro atoms. The van der Waals surface area contributed by atoms with Crippen LogP contribution in [0.1, 0.15) is 226 Å². The van der Waals surface area contributed by atoms with Crippen LogP contribution in [0.2, 0.25) is 0 Å². The Labute approximate surface area is 365 Å². The van der Waals surface area contributed by atoms with Gasteiger partial charge in [-0.05, 0) is 19.3 Å². The van der Waals surface area contributed by atoms with Crippen molar-refractivity contribution in [3.63, 3.8) is 0 Å². The minimum Gasteiger partial charge on any atom is -0.387 e. The topological polar surface area (TPSA) is 206 Å². The van der Waals surface area contributed by atoms with Gasteiger partial charge in [-0.1, -0.05) is 212 Å². The molecule has 0 bridgehead atoms. The van der Waals surface area contributed by atoms with Gasteiger partial charge in [-0.25, -0.2) is 4.57 Å². The lowest BCUT2D eigenvalue weighted by Crippen LogP contribution is -2.64. The van der Waals surface area contributed by atoms with Crippen LogP contribution in [0.15, 0.2) is 12.2 Å². The van der Waals surface area contributed by atoms with Gasteiger partial charge < -0.3 is 40.8 Å². The molecule has 6 unspecified atom stereocenters. The van der Waals surface area contributed by atoms with Crippen LogP contribution >= 0.6 is 7.82 Å². The number of hydrogen-bond acceptors (Lipinski definition) is 10. The number of allylic oxidation sites excluding steroid dienone is 1. The number of unbranched alkanes of at least 4 members (excludes halogenated alkanes) is 30. The average Bonchev–Trinajstić information content (AvgIpc) is 3.23. The van der Waals surface area contributed by atoms with Gasteiger partial charge >= 0.3 is 7.82 Å². The van der Waals surface area contributed by atoms with Crippen molar-refractivity contribution in [2.75, 3.05) is 6.61 Å². The van der Waals surface area contributed by atoms with Crippen molar-refractivity contribution >= 4 is 13.7 Å². The van der Waals surface area contributed by atoms with Gasteiger partial charge in [0.15, 0.2) is 0 Å². The number of phosphoric acid groups is 1. The fourth-order valence-electron chi connectivity index (χ4n) is 8.02. The van der Waals surface area contributed by atoms with E-state index in [-0.39, 0.29) is 12.3 Å². The second kappa shape index (κ2) is 37.5. The molecule has 13 heteroatoms. The molecular formula is C47H92NO11P. The third-order valence-corrected chi connectivity index (χ3v) is 13.1. The molecule has 0 aromatic carbocycles. The highest BCUT2D eigenvalue weighted by Crippen LogP contribution is 2.47. The van der Waals surface area contributed by atoms with Crippen LogP contribution in [-0.4, -0.2) is 96.8 Å². The second-order valence-corrected chi connectivity index (χ2v) is 19.1. The molecule has 8 N–H and O–H groups in total. The van der Waals surface area contributed by atoms with Crippen LogP contribution in [0.25, 0.3) is 0 Å². The Bertz CT molecular complexity index is 1070. The molecule has 0 aliphatic heterocycles. The highest BCUT2D eigenvalue weighted by molar-refractivity contribution is 7.47. The van der Waals surface area contributed by atoms with Crippen molar-refractivity contribution in [3.05, 3.63) is 12.2 Å². The Morgan fingerprint density at radius 3 is 1.27 bits per heavy atom. The van der Waals surface area contributed by atoms with E-state index in [4.69, 9.17) is 9.05 Å². The summed E-state index contributed by atoms with van der Waals surface area (Å²) >= 11 is 0. The SMILES string of the molecule is CCCCCCCCCCCCCCC/C=C/[C@@H](O)[C@H](COP(=O)(O)OC1C(O)C(O)C(O)[C@@H](O)C1O)NC(=O)CCCCCCCCCCCCCCCCCCCC. The zero-order valence-electron chi connectivity index (χ0n) is 38.0. The lowest BCUT2D eigenvalue weighted by atomic mass is 9.85. The van der Waals surface area contributed by atoms with E-state index in [1.54, 1.807) is 0 Å². The summed E-state index contributed by atoms with van der Waals surface area (Å²) in [6, 6.07) is -1.11. The number of aliphatic hydroxyl groups is 6. The first-order chi connectivity index (χ1) is 28.9. The average molecular weight is 878 g/mol. The van der Waals surface area contributed by atoms with E-state index < -0.39 is 63.2 Å². The molecule has 1 saturated carbocycles. The normalized spacial score (nSPS) is 22.9. The molecule has 356 valence electrons. The van der Waals surface area contributed by atoms with E-state index in [0.717, 1.165) is 44.9 Å². The van der Waals surface area contributed by atoms with Crippen molar-refractivity contribution in [3.8, 4) is 0 Å². The summed E-state index contributed by atoms with van der Waals surface area (Å²) in [7, 11) is -5.08. The summed E-state index contributed by atoms with van der Waals surface area (Å²) < 4.78 is 22.9. The van der Waals surface area contributed by atoms with Crippen molar-refractivity contribution < 1.29 is 53.9 Å². The number of phosphoric ester groups is 1. The van der Waals surface area contributed by atoms with E-state index in [2.05, 4.69) is 19.2 Å². The molecule has 0 radical (unpaired) electrons. The van der Waals surface area contributed by atoms with Crippen molar-refractivity contribution in [1.82, 2.24) is 5.32 Å². The predicted octanol–water partition coefficient (Wildman–Crippen LogP) is 9.62. The molecule has 1 rings (SSSR count). The highest BCUT2D eigenvalue weighted by Gasteiger charge is 2.51. The molecule has 1 fully saturated rings. The van der Waals surface area contributed by atoms with Crippen molar-refractivity contribution in [2.24, 2.45) is 0 Å². The fraction of sp³-hybridized carbons (Fsp3) is 0.936. The predicted molar refractivity (Wildman–Crippen MR) is 241 cm³/mol. The molecule has 1 amide bonds. The Balaban J connectivity index is 2.45. The molecular weight excluding hydrogens is 785 g/mol. The van der Waals surface area contributed by atoms with Crippen LogP contribution in [-0.2, 0) is 18.4 Å². The van der Waals surface area contributed by atoms with Gasteiger partial charge in [0.1, 0.15) is 36.6 Å². The molecule has 1 aliphatic rings. The summed E-state index contributed by atoms with van der Waals surface area (Å²) in [6.07, 6.45) is 29.9. The van der Waals surface area contributed by atoms with Gasteiger partial charge in [0.05, 0.1) is 18.8 Å². The zero-order valence-corrected chi connectivity index (χ0v) is 38.9.